The Hall–Kier alpha value is -2.89. The van der Waals surface area contributed by atoms with Gasteiger partial charge in [0.15, 0.2) is 0 Å². The number of benzene rings is 1. The molecule has 0 aliphatic carbocycles. The number of nitrogens with zero attached hydrogens (tertiary/aromatic N) is 2. The minimum Gasteiger partial charge on any atom is -0.497 e. The van der Waals surface area contributed by atoms with E-state index in [9.17, 15) is 9.59 Å². The molecule has 6 heteroatoms. The molecule has 0 radical (unpaired) electrons. The summed E-state index contributed by atoms with van der Waals surface area (Å²) in [5.74, 6) is 0.737. The Morgan fingerprint density at radius 3 is 2.76 bits per heavy atom. The molecule has 1 atom stereocenters. The van der Waals surface area contributed by atoms with E-state index < -0.39 is 6.04 Å². The van der Waals surface area contributed by atoms with Gasteiger partial charge in [0.05, 0.1) is 7.11 Å². The molecule has 1 aromatic heterocycles. The van der Waals surface area contributed by atoms with Gasteiger partial charge in [0.2, 0.25) is 5.91 Å². The minimum absolute atomic E-state index is 0.00820. The van der Waals surface area contributed by atoms with Crippen LogP contribution in [0.15, 0.2) is 48.7 Å². The zero-order valence-electron chi connectivity index (χ0n) is 14.1. The lowest BCUT2D eigenvalue weighted by Gasteiger charge is -2.34. The van der Waals surface area contributed by atoms with Gasteiger partial charge in [0, 0.05) is 25.2 Å². The summed E-state index contributed by atoms with van der Waals surface area (Å²) in [5.41, 5.74) is 0.790. The van der Waals surface area contributed by atoms with Crippen molar-refractivity contribution in [2.24, 2.45) is 0 Å². The fourth-order valence-corrected chi connectivity index (χ4v) is 3.01. The Morgan fingerprint density at radius 1 is 1.24 bits per heavy atom. The molecule has 0 spiro atoms. The lowest BCUT2D eigenvalue weighted by Crippen LogP contribution is -2.43. The highest BCUT2D eigenvalue weighted by Gasteiger charge is 2.32. The van der Waals surface area contributed by atoms with Gasteiger partial charge in [-0.15, -0.1) is 0 Å². The molecular weight excluding hydrogens is 318 g/mol. The van der Waals surface area contributed by atoms with Crippen molar-refractivity contribution >= 4 is 17.6 Å². The summed E-state index contributed by atoms with van der Waals surface area (Å²) in [5, 5.41) is 2.81. The second kappa shape index (κ2) is 7.79. The zero-order valence-corrected chi connectivity index (χ0v) is 14.1. The molecule has 6 nitrogen and oxygen atoms in total. The van der Waals surface area contributed by atoms with E-state index in [0.29, 0.717) is 24.5 Å². The number of likely N-dealkylation sites (tertiary alicyclic amines) is 1. The lowest BCUT2D eigenvalue weighted by molar-refractivity contribution is -0.141. The molecule has 2 aromatic rings. The van der Waals surface area contributed by atoms with Crippen molar-refractivity contribution in [3.63, 3.8) is 0 Å². The van der Waals surface area contributed by atoms with Gasteiger partial charge in [-0.3, -0.25) is 9.59 Å². The quantitative estimate of drug-likeness (QED) is 0.909. The van der Waals surface area contributed by atoms with Crippen LogP contribution in [0.5, 0.6) is 5.75 Å². The maximum atomic E-state index is 13.0. The van der Waals surface area contributed by atoms with E-state index in [2.05, 4.69) is 10.3 Å². The molecule has 1 aliphatic heterocycles. The number of pyridine rings is 1. The monoisotopic (exact) mass is 339 g/mol. The summed E-state index contributed by atoms with van der Waals surface area (Å²) in [4.78, 5) is 31.2. The first-order valence-corrected chi connectivity index (χ1v) is 8.34. The largest absolute Gasteiger partial charge is 0.497 e. The molecular formula is C19H21N3O3. The molecule has 130 valence electrons. The lowest BCUT2D eigenvalue weighted by atomic mass is 10.0. The van der Waals surface area contributed by atoms with Crippen LogP contribution in [0.3, 0.4) is 0 Å². The van der Waals surface area contributed by atoms with Gasteiger partial charge in [-0.05, 0) is 24.5 Å². The van der Waals surface area contributed by atoms with Gasteiger partial charge < -0.3 is 15.0 Å². The second-order valence-corrected chi connectivity index (χ2v) is 5.93. The molecule has 1 saturated heterocycles. The molecule has 0 bridgehead atoms. The van der Waals surface area contributed by atoms with E-state index in [1.807, 2.05) is 30.3 Å². The highest BCUT2D eigenvalue weighted by molar-refractivity contribution is 5.97. The SMILES string of the molecule is COc1ccnc(NC(=O)[C@H](c2ccccc2)N2CCCCC2=O)c1. The number of anilines is 1. The third-order valence-corrected chi connectivity index (χ3v) is 4.25. The fourth-order valence-electron chi connectivity index (χ4n) is 3.01. The topological polar surface area (TPSA) is 71.5 Å². The van der Waals surface area contributed by atoms with E-state index in [-0.39, 0.29) is 11.8 Å². The van der Waals surface area contributed by atoms with Gasteiger partial charge in [-0.1, -0.05) is 30.3 Å². The third kappa shape index (κ3) is 3.96. The number of rotatable bonds is 5. The summed E-state index contributed by atoms with van der Waals surface area (Å²) in [7, 11) is 1.56. The van der Waals surface area contributed by atoms with Crippen LogP contribution in [0.1, 0.15) is 30.9 Å². The molecule has 1 N–H and O–H groups in total. The summed E-state index contributed by atoms with van der Waals surface area (Å²) < 4.78 is 5.16. The van der Waals surface area contributed by atoms with Crippen molar-refractivity contribution < 1.29 is 14.3 Å². The minimum atomic E-state index is -0.665. The first kappa shape index (κ1) is 17.0. The number of hydrogen-bond acceptors (Lipinski definition) is 4. The third-order valence-electron chi connectivity index (χ3n) is 4.25. The number of piperidine rings is 1. The number of nitrogens with one attached hydrogen (secondary N) is 1. The molecule has 0 unspecified atom stereocenters. The van der Waals surface area contributed by atoms with E-state index in [4.69, 9.17) is 4.74 Å². The van der Waals surface area contributed by atoms with Crippen LogP contribution in [0.25, 0.3) is 0 Å². The van der Waals surface area contributed by atoms with Crippen molar-refractivity contribution in [1.82, 2.24) is 9.88 Å². The Balaban J connectivity index is 1.88. The molecule has 25 heavy (non-hydrogen) atoms. The molecule has 1 fully saturated rings. The number of methoxy groups -OCH3 is 1. The van der Waals surface area contributed by atoms with Crippen molar-refractivity contribution in [1.29, 1.82) is 0 Å². The smallest absolute Gasteiger partial charge is 0.252 e. The number of hydrogen-bond donors (Lipinski definition) is 1. The standard InChI is InChI=1S/C19H21N3O3/c1-25-15-10-11-20-16(13-15)21-19(24)18(14-7-3-2-4-8-14)22-12-6-5-9-17(22)23/h2-4,7-8,10-11,13,18H,5-6,9,12H2,1H3,(H,20,21,24)/t18-/m0/s1. The first-order valence-electron chi connectivity index (χ1n) is 8.34. The zero-order chi connectivity index (χ0) is 17.6. The van der Waals surface area contributed by atoms with E-state index in [1.165, 1.54) is 0 Å². The van der Waals surface area contributed by atoms with Crippen LogP contribution in [-0.2, 0) is 9.59 Å². The Morgan fingerprint density at radius 2 is 2.04 bits per heavy atom. The molecule has 1 aliphatic rings. The number of carbonyl (C=O) groups excluding carboxylic acids is 2. The van der Waals surface area contributed by atoms with Crippen molar-refractivity contribution in [3.8, 4) is 5.75 Å². The Bertz CT molecular complexity index is 749. The fraction of sp³-hybridized carbons (Fsp3) is 0.316. The normalized spacial score (nSPS) is 15.6. The molecule has 3 rings (SSSR count). The Kier molecular flexibility index (Phi) is 5.28. The van der Waals surface area contributed by atoms with E-state index in [1.54, 1.807) is 30.3 Å². The number of carbonyl (C=O) groups is 2. The average molecular weight is 339 g/mol. The van der Waals surface area contributed by atoms with Gasteiger partial charge in [0.25, 0.3) is 5.91 Å². The number of aromatic nitrogens is 1. The first-order chi connectivity index (χ1) is 12.2. The van der Waals surface area contributed by atoms with Crippen LogP contribution in [0.2, 0.25) is 0 Å². The van der Waals surface area contributed by atoms with Gasteiger partial charge in [0.1, 0.15) is 17.6 Å². The van der Waals surface area contributed by atoms with Crippen molar-refractivity contribution in [2.45, 2.75) is 25.3 Å². The molecule has 2 amide bonds. The predicted octanol–water partition coefficient (Wildman–Crippen LogP) is 2.78. The van der Waals surface area contributed by atoms with Gasteiger partial charge in [-0.2, -0.15) is 0 Å². The van der Waals surface area contributed by atoms with Crippen molar-refractivity contribution in [3.05, 3.63) is 54.2 Å². The second-order valence-electron chi connectivity index (χ2n) is 5.93. The highest BCUT2D eigenvalue weighted by atomic mass is 16.5. The van der Waals surface area contributed by atoms with Crippen LogP contribution < -0.4 is 10.1 Å². The average Bonchev–Trinajstić information content (AvgIpc) is 2.64. The van der Waals surface area contributed by atoms with Crippen LogP contribution in [0, 0.1) is 0 Å². The summed E-state index contributed by atoms with van der Waals surface area (Å²) in [6, 6.07) is 12.1. The Labute approximate surface area is 146 Å². The van der Waals surface area contributed by atoms with E-state index >= 15 is 0 Å². The molecule has 1 aromatic carbocycles. The predicted molar refractivity (Wildman–Crippen MR) is 94.2 cm³/mol. The molecule has 2 heterocycles. The van der Waals surface area contributed by atoms with E-state index in [0.717, 1.165) is 18.4 Å². The maximum Gasteiger partial charge on any atom is 0.252 e. The molecule has 0 saturated carbocycles. The summed E-state index contributed by atoms with van der Waals surface area (Å²) >= 11 is 0. The van der Waals surface area contributed by atoms with Crippen molar-refractivity contribution in [2.75, 3.05) is 19.0 Å². The summed E-state index contributed by atoms with van der Waals surface area (Å²) in [6.45, 7) is 0.581. The van der Waals surface area contributed by atoms with Gasteiger partial charge >= 0.3 is 0 Å². The van der Waals surface area contributed by atoms with Gasteiger partial charge in [-0.25, -0.2) is 4.98 Å². The maximum absolute atomic E-state index is 13.0. The number of amides is 2. The van der Waals surface area contributed by atoms with Crippen LogP contribution in [-0.4, -0.2) is 35.4 Å². The van der Waals surface area contributed by atoms with Crippen LogP contribution in [0.4, 0.5) is 5.82 Å². The van der Waals surface area contributed by atoms with Crippen LogP contribution >= 0.6 is 0 Å². The summed E-state index contributed by atoms with van der Waals surface area (Å²) in [6.07, 6.45) is 3.82. The number of ether oxygens (including phenoxy) is 1. The highest BCUT2D eigenvalue weighted by Crippen LogP contribution is 2.27.